The number of nitrogens with zero attached hydrogens (tertiary/aromatic N) is 1. The minimum Gasteiger partial charge on any atom is -0.462 e. The van der Waals surface area contributed by atoms with Crippen LogP contribution in [0.2, 0.25) is 0 Å². The van der Waals surface area contributed by atoms with Gasteiger partial charge in [-0.25, -0.2) is 14.0 Å². The summed E-state index contributed by atoms with van der Waals surface area (Å²) in [5.74, 6) is -0.839. The van der Waals surface area contributed by atoms with Crippen LogP contribution in [0.25, 0.3) is 0 Å². The van der Waals surface area contributed by atoms with Crippen molar-refractivity contribution in [3.63, 3.8) is 0 Å². The minimum absolute atomic E-state index is 0.276. The van der Waals surface area contributed by atoms with Crippen LogP contribution in [0.15, 0.2) is 96.1 Å². The van der Waals surface area contributed by atoms with E-state index in [1.54, 1.807) is 38.1 Å². The van der Waals surface area contributed by atoms with Crippen LogP contribution < -0.4 is 4.90 Å². The number of benzene rings is 3. The van der Waals surface area contributed by atoms with Crippen LogP contribution in [-0.4, -0.2) is 25.2 Å². The van der Waals surface area contributed by atoms with E-state index in [-0.39, 0.29) is 17.8 Å². The van der Waals surface area contributed by atoms with Gasteiger partial charge in [0.25, 0.3) is 0 Å². The van der Waals surface area contributed by atoms with Crippen molar-refractivity contribution in [1.82, 2.24) is 0 Å². The first-order chi connectivity index (χ1) is 19.3. The molecule has 0 atom stereocenters. The topological polar surface area (TPSA) is 55.8 Å². The van der Waals surface area contributed by atoms with E-state index in [9.17, 15) is 14.0 Å². The molecule has 0 saturated heterocycles. The van der Waals surface area contributed by atoms with Crippen molar-refractivity contribution in [3.05, 3.63) is 113 Å². The van der Waals surface area contributed by atoms with Gasteiger partial charge in [0.05, 0.1) is 13.2 Å². The predicted molar refractivity (Wildman–Crippen MR) is 159 cm³/mol. The van der Waals surface area contributed by atoms with E-state index < -0.39 is 0 Å². The largest absolute Gasteiger partial charge is 0.462 e. The zero-order valence-electron chi connectivity index (χ0n) is 23.8. The summed E-state index contributed by atoms with van der Waals surface area (Å²) in [5.41, 5.74) is 6.25. The smallest absolute Gasteiger partial charge is 0.333 e. The van der Waals surface area contributed by atoms with Crippen LogP contribution in [0.4, 0.5) is 21.5 Å². The molecular formula is C34H38FNO4. The summed E-state index contributed by atoms with van der Waals surface area (Å²) in [7, 11) is 0. The Morgan fingerprint density at radius 3 is 1.35 bits per heavy atom. The molecule has 0 unspecified atom stereocenters. The van der Waals surface area contributed by atoms with Crippen molar-refractivity contribution < 1.29 is 23.5 Å². The SMILES string of the molecule is C/C=C(\C)C(=O)OCCCc1ccc(N(c2ccc(F)cc2)c2ccc(CCCOC(=O)/C(C)=C/C)cc2)cc1. The number of halogens is 1. The Kier molecular flexibility index (Phi) is 11.7. The first-order valence-corrected chi connectivity index (χ1v) is 13.7. The number of esters is 2. The Labute approximate surface area is 236 Å². The second-order valence-corrected chi connectivity index (χ2v) is 9.57. The van der Waals surface area contributed by atoms with Gasteiger partial charge in [0.2, 0.25) is 0 Å². The Balaban J connectivity index is 1.67. The van der Waals surface area contributed by atoms with E-state index in [0.717, 1.165) is 53.9 Å². The quantitative estimate of drug-likeness (QED) is 0.124. The van der Waals surface area contributed by atoms with Crippen LogP contribution in [0.5, 0.6) is 0 Å². The van der Waals surface area contributed by atoms with Gasteiger partial charge < -0.3 is 14.4 Å². The van der Waals surface area contributed by atoms with Gasteiger partial charge in [0.1, 0.15) is 5.82 Å². The molecule has 6 heteroatoms. The summed E-state index contributed by atoms with van der Waals surface area (Å²) in [6, 6.07) is 22.9. The third-order valence-electron chi connectivity index (χ3n) is 6.67. The highest BCUT2D eigenvalue weighted by Gasteiger charge is 2.13. The second kappa shape index (κ2) is 15.4. The highest BCUT2D eigenvalue weighted by atomic mass is 19.1. The van der Waals surface area contributed by atoms with E-state index in [0.29, 0.717) is 24.4 Å². The number of ether oxygens (including phenoxy) is 2. The first-order valence-electron chi connectivity index (χ1n) is 13.7. The van der Waals surface area contributed by atoms with Gasteiger partial charge in [-0.15, -0.1) is 0 Å². The molecule has 0 spiro atoms. The fraction of sp³-hybridized carbons (Fsp3) is 0.294. The monoisotopic (exact) mass is 543 g/mol. The van der Waals surface area contributed by atoms with Crippen LogP contribution in [0, 0.1) is 5.82 Å². The van der Waals surface area contributed by atoms with Gasteiger partial charge in [0.15, 0.2) is 0 Å². The number of hydrogen-bond donors (Lipinski definition) is 0. The second-order valence-electron chi connectivity index (χ2n) is 9.57. The van der Waals surface area contributed by atoms with Gasteiger partial charge in [-0.2, -0.15) is 0 Å². The molecule has 0 aliphatic heterocycles. The zero-order valence-corrected chi connectivity index (χ0v) is 23.8. The molecule has 40 heavy (non-hydrogen) atoms. The lowest BCUT2D eigenvalue weighted by Crippen LogP contribution is -2.10. The van der Waals surface area contributed by atoms with Crippen molar-refractivity contribution in [2.24, 2.45) is 0 Å². The van der Waals surface area contributed by atoms with Crippen molar-refractivity contribution in [3.8, 4) is 0 Å². The van der Waals surface area contributed by atoms with Crippen LogP contribution in [-0.2, 0) is 31.9 Å². The number of carbonyl (C=O) groups is 2. The molecule has 3 aromatic rings. The zero-order chi connectivity index (χ0) is 28.9. The van der Waals surface area contributed by atoms with E-state index in [4.69, 9.17) is 9.47 Å². The average molecular weight is 544 g/mol. The van der Waals surface area contributed by atoms with Crippen molar-refractivity contribution >= 4 is 29.0 Å². The third kappa shape index (κ3) is 8.94. The Morgan fingerprint density at radius 2 is 1.00 bits per heavy atom. The standard InChI is InChI=1S/C34H38FNO4/c1-5-25(3)33(37)39-23-7-9-27-11-17-30(18-12-27)36(32-21-15-29(35)16-22-32)31-19-13-28(14-20-31)10-8-24-40-34(38)26(4)6-2/h5-6,11-22H,7-10,23-24H2,1-4H3/b25-5+,26-6+. The van der Waals surface area contributed by atoms with E-state index in [2.05, 4.69) is 29.2 Å². The maximum atomic E-state index is 13.7. The normalized spacial score (nSPS) is 11.7. The molecule has 0 fully saturated rings. The molecule has 0 aromatic heterocycles. The highest BCUT2D eigenvalue weighted by molar-refractivity contribution is 5.88. The van der Waals surface area contributed by atoms with Gasteiger partial charge in [-0.3, -0.25) is 0 Å². The lowest BCUT2D eigenvalue weighted by atomic mass is 10.1. The Morgan fingerprint density at radius 1 is 0.650 bits per heavy atom. The van der Waals surface area contributed by atoms with Crippen LogP contribution >= 0.6 is 0 Å². The molecule has 0 aliphatic rings. The Bertz CT molecular complexity index is 1230. The molecule has 0 heterocycles. The van der Waals surface area contributed by atoms with Gasteiger partial charge in [-0.1, -0.05) is 36.4 Å². The molecule has 3 aromatic carbocycles. The first kappa shape index (κ1) is 30.4. The lowest BCUT2D eigenvalue weighted by Gasteiger charge is -2.26. The molecule has 5 nitrogen and oxygen atoms in total. The summed E-state index contributed by atoms with van der Waals surface area (Å²) >= 11 is 0. The molecule has 0 bridgehead atoms. The molecule has 0 amide bonds. The maximum absolute atomic E-state index is 13.7. The highest BCUT2D eigenvalue weighted by Crippen LogP contribution is 2.35. The Hall–Kier alpha value is -4.19. The van der Waals surface area contributed by atoms with Crippen LogP contribution in [0.3, 0.4) is 0 Å². The van der Waals surface area contributed by atoms with Crippen LogP contribution in [0.1, 0.15) is 51.7 Å². The minimum atomic E-state index is -0.287. The number of anilines is 3. The van der Waals surface area contributed by atoms with Gasteiger partial charge in [-0.05, 0) is 113 Å². The van der Waals surface area contributed by atoms with Crippen molar-refractivity contribution in [1.29, 1.82) is 0 Å². The molecule has 0 radical (unpaired) electrons. The van der Waals surface area contributed by atoms with E-state index in [1.165, 1.54) is 12.1 Å². The average Bonchev–Trinajstić information content (AvgIpc) is 2.98. The number of allylic oxidation sites excluding steroid dienone is 2. The van der Waals surface area contributed by atoms with E-state index >= 15 is 0 Å². The maximum Gasteiger partial charge on any atom is 0.333 e. The number of aryl methyl sites for hydroxylation is 2. The lowest BCUT2D eigenvalue weighted by molar-refractivity contribution is -0.139. The predicted octanol–water partition coefficient (Wildman–Crippen LogP) is 8.18. The summed E-state index contributed by atoms with van der Waals surface area (Å²) in [6.07, 6.45) is 6.54. The molecule has 0 saturated carbocycles. The molecule has 3 rings (SSSR count). The molecule has 0 N–H and O–H groups in total. The fourth-order valence-corrected chi connectivity index (χ4v) is 4.01. The molecule has 0 aliphatic carbocycles. The molecular weight excluding hydrogens is 505 g/mol. The van der Waals surface area contributed by atoms with Gasteiger partial charge in [0, 0.05) is 28.2 Å². The van der Waals surface area contributed by atoms with E-state index in [1.807, 2.05) is 38.1 Å². The van der Waals surface area contributed by atoms with Crippen molar-refractivity contribution in [2.75, 3.05) is 18.1 Å². The summed E-state index contributed by atoms with van der Waals surface area (Å²) in [6.45, 7) is 7.87. The fourth-order valence-electron chi connectivity index (χ4n) is 4.01. The van der Waals surface area contributed by atoms with Gasteiger partial charge >= 0.3 is 11.9 Å². The van der Waals surface area contributed by atoms with Crippen molar-refractivity contribution in [2.45, 2.75) is 53.4 Å². The summed E-state index contributed by atoms with van der Waals surface area (Å²) < 4.78 is 24.3. The number of rotatable bonds is 13. The number of hydrogen-bond acceptors (Lipinski definition) is 5. The summed E-state index contributed by atoms with van der Waals surface area (Å²) in [4.78, 5) is 25.7. The summed E-state index contributed by atoms with van der Waals surface area (Å²) in [5, 5.41) is 0. The number of carbonyl (C=O) groups excluding carboxylic acids is 2. The molecule has 210 valence electrons. The third-order valence-corrected chi connectivity index (χ3v) is 6.67.